The summed E-state index contributed by atoms with van der Waals surface area (Å²) in [5, 5.41) is 15.6. The third kappa shape index (κ3) is 3.58. The Kier molecular flexibility index (Phi) is 4.53. The summed E-state index contributed by atoms with van der Waals surface area (Å²) in [6.45, 7) is 0. The summed E-state index contributed by atoms with van der Waals surface area (Å²) in [4.78, 5) is 2.23. The second kappa shape index (κ2) is 6.96. The Morgan fingerprint density at radius 3 is 2.24 bits per heavy atom. The second-order valence-corrected chi connectivity index (χ2v) is 7.52. The van der Waals surface area contributed by atoms with E-state index in [0.29, 0.717) is 5.82 Å². The topological polar surface area (TPSA) is 54.5 Å². The van der Waals surface area contributed by atoms with Crippen LogP contribution in [0.15, 0.2) is 54.6 Å². The van der Waals surface area contributed by atoms with Gasteiger partial charge in [-0.25, -0.2) is 5.10 Å². The largest absolute Gasteiger partial charge is 0.238 e. The molecule has 4 aromatic rings. The Bertz CT molecular complexity index is 977. The minimum Gasteiger partial charge on any atom is -0.238 e. The van der Waals surface area contributed by atoms with E-state index < -0.39 is 0 Å². The van der Waals surface area contributed by atoms with Crippen LogP contribution in [0, 0.1) is 0 Å². The van der Waals surface area contributed by atoms with Crippen molar-refractivity contribution in [3.63, 3.8) is 0 Å². The molecule has 4 nitrogen and oxygen atoms in total. The third-order valence-corrected chi connectivity index (χ3v) is 5.47. The first-order valence-electron chi connectivity index (χ1n) is 7.56. The molecule has 7 heteroatoms. The molecule has 1 N–H and O–H groups in total. The lowest BCUT2D eigenvalue weighted by molar-refractivity contribution is 0.881. The Balaban J connectivity index is 1.77. The number of aromatic nitrogens is 4. The van der Waals surface area contributed by atoms with E-state index in [1.54, 1.807) is 11.3 Å². The van der Waals surface area contributed by atoms with Gasteiger partial charge in [0.1, 0.15) is 0 Å². The van der Waals surface area contributed by atoms with Crippen LogP contribution in [0.3, 0.4) is 0 Å². The number of aromatic amines is 1. The summed E-state index contributed by atoms with van der Waals surface area (Å²) in [5.74, 6) is 0.669. The average Bonchev–Trinajstić information content (AvgIpc) is 3.27. The second-order valence-electron chi connectivity index (χ2n) is 5.51. The fourth-order valence-electron chi connectivity index (χ4n) is 2.60. The highest BCUT2D eigenvalue weighted by Crippen LogP contribution is 2.37. The van der Waals surface area contributed by atoms with Crippen LogP contribution in [-0.4, -0.2) is 20.6 Å². The van der Waals surface area contributed by atoms with Gasteiger partial charge in [0, 0.05) is 21.3 Å². The van der Waals surface area contributed by atoms with Crippen molar-refractivity contribution in [3.8, 4) is 21.8 Å². The maximum atomic E-state index is 6.03. The van der Waals surface area contributed by atoms with Crippen molar-refractivity contribution < 1.29 is 0 Å². The Morgan fingerprint density at radius 2 is 1.60 bits per heavy atom. The minimum atomic E-state index is 0.669. The molecule has 0 spiro atoms. The van der Waals surface area contributed by atoms with Gasteiger partial charge < -0.3 is 0 Å². The summed E-state index contributed by atoms with van der Waals surface area (Å²) in [6, 6.07) is 17.9. The zero-order chi connectivity index (χ0) is 17.2. The molecule has 0 radical (unpaired) electrons. The molecule has 0 atom stereocenters. The quantitative estimate of drug-likeness (QED) is 0.504. The standard InChI is InChI=1S/C18H12Cl2N4S/c19-13-5-1-11(2-6-13)9-16-15(12-3-7-14(20)8-4-12)10-17(25-16)18-21-23-24-22-18/h1-8,10H,9H2,(H,21,22,23,24). The highest BCUT2D eigenvalue weighted by atomic mass is 35.5. The summed E-state index contributed by atoms with van der Waals surface area (Å²) in [7, 11) is 0. The van der Waals surface area contributed by atoms with Gasteiger partial charge in [-0.15, -0.1) is 16.4 Å². The van der Waals surface area contributed by atoms with Crippen LogP contribution in [-0.2, 0) is 6.42 Å². The summed E-state index contributed by atoms with van der Waals surface area (Å²) in [6.07, 6.45) is 0.807. The minimum absolute atomic E-state index is 0.669. The number of nitrogens with zero attached hydrogens (tertiary/aromatic N) is 3. The van der Waals surface area contributed by atoms with E-state index in [1.807, 2.05) is 48.5 Å². The number of thiophene rings is 1. The smallest absolute Gasteiger partial charge is 0.189 e. The maximum Gasteiger partial charge on any atom is 0.189 e. The van der Waals surface area contributed by atoms with Gasteiger partial charge in [0.15, 0.2) is 5.82 Å². The van der Waals surface area contributed by atoms with Crippen molar-refractivity contribution >= 4 is 34.5 Å². The zero-order valence-electron chi connectivity index (χ0n) is 12.9. The predicted octanol–water partition coefficient (Wildman–Crippen LogP) is 5.49. The van der Waals surface area contributed by atoms with Crippen molar-refractivity contribution in [2.45, 2.75) is 6.42 Å². The van der Waals surface area contributed by atoms with Crippen LogP contribution >= 0.6 is 34.5 Å². The number of rotatable bonds is 4. The van der Waals surface area contributed by atoms with E-state index in [4.69, 9.17) is 23.2 Å². The number of tetrazole rings is 1. The monoisotopic (exact) mass is 386 g/mol. The lowest BCUT2D eigenvalue weighted by Gasteiger charge is -2.05. The normalized spacial score (nSPS) is 11.0. The van der Waals surface area contributed by atoms with E-state index >= 15 is 0 Å². The molecule has 4 rings (SSSR count). The lowest BCUT2D eigenvalue weighted by atomic mass is 10.0. The van der Waals surface area contributed by atoms with E-state index in [1.165, 1.54) is 10.4 Å². The van der Waals surface area contributed by atoms with Gasteiger partial charge in [-0.1, -0.05) is 47.5 Å². The molecular weight excluding hydrogens is 375 g/mol. The Labute approximate surface area is 158 Å². The molecule has 2 heterocycles. The zero-order valence-corrected chi connectivity index (χ0v) is 15.2. The number of nitrogens with one attached hydrogen (secondary N) is 1. The van der Waals surface area contributed by atoms with E-state index in [9.17, 15) is 0 Å². The first-order chi connectivity index (χ1) is 12.2. The molecule has 124 valence electrons. The van der Waals surface area contributed by atoms with Gasteiger partial charge in [0.05, 0.1) is 4.88 Å². The van der Waals surface area contributed by atoms with Crippen LogP contribution in [0.2, 0.25) is 10.0 Å². The maximum absolute atomic E-state index is 6.03. The molecule has 0 fully saturated rings. The molecule has 0 aliphatic carbocycles. The molecule has 2 aromatic carbocycles. The molecular formula is C18H12Cl2N4S. The number of hydrogen-bond acceptors (Lipinski definition) is 4. The average molecular weight is 387 g/mol. The lowest BCUT2D eigenvalue weighted by Crippen LogP contribution is -1.87. The van der Waals surface area contributed by atoms with Crippen molar-refractivity contribution in [1.29, 1.82) is 0 Å². The first-order valence-corrected chi connectivity index (χ1v) is 9.13. The molecule has 0 aliphatic rings. The Hall–Kier alpha value is -2.21. The fourth-order valence-corrected chi connectivity index (χ4v) is 4.00. The van der Waals surface area contributed by atoms with E-state index in [0.717, 1.165) is 32.5 Å². The van der Waals surface area contributed by atoms with Gasteiger partial charge in [0.2, 0.25) is 0 Å². The van der Waals surface area contributed by atoms with Crippen molar-refractivity contribution in [1.82, 2.24) is 20.6 Å². The van der Waals surface area contributed by atoms with Crippen LogP contribution in [0.25, 0.3) is 21.8 Å². The van der Waals surface area contributed by atoms with Crippen LogP contribution in [0.4, 0.5) is 0 Å². The van der Waals surface area contributed by atoms with Crippen molar-refractivity contribution in [2.75, 3.05) is 0 Å². The van der Waals surface area contributed by atoms with Crippen molar-refractivity contribution in [2.24, 2.45) is 0 Å². The SMILES string of the molecule is Clc1ccc(Cc2sc(-c3nnn[nH]3)cc2-c2ccc(Cl)cc2)cc1. The molecule has 0 saturated heterocycles. The van der Waals surface area contributed by atoms with E-state index in [-0.39, 0.29) is 0 Å². The molecule has 2 aromatic heterocycles. The van der Waals surface area contributed by atoms with Gasteiger partial charge in [-0.3, -0.25) is 0 Å². The van der Waals surface area contributed by atoms with Crippen LogP contribution < -0.4 is 0 Å². The summed E-state index contributed by atoms with van der Waals surface area (Å²) < 4.78 is 0. The summed E-state index contributed by atoms with van der Waals surface area (Å²) in [5.41, 5.74) is 3.47. The van der Waals surface area contributed by atoms with Crippen LogP contribution in [0.5, 0.6) is 0 Å². The van der Waals surface area contributed by atoms with Crippen molar-refractivity contribution in [3.05, 3.63) is 75.1 Å². The molecule has 0 aliphatic heterocycles. The molecule has 0 bridgehead atoms. The molecule has 25 heavy (non-hydrogen) atoms. The predicted molar refractivity (Wildman–Crippen MR) is 102 cm³/mol. The molecule has 0 unspecified atom stereocenters. The van der Waals surface area contributed by atoms with Gasteiger partial charge in [-0.05, 0) is 57.4 Å². The van der Waals surface area contributed by atoms with Gasteiger partial charge in [0.25, 0.3) is 0 Å². The Morgan fingerprint density at radius 1 is 0.920 bits per heavy atom. The third-order valence-electron chi connectivity index (χ3n) is 3.82. The highest BCUT2D eigenvalue weighted by Gasteiger charge is 2.15. The van der Waals surface area contributed by atoms with Gasteiger partial charge >= 0.3 is 0 Å². The first kappa shape index (κ1) is 16.3. The number of benzene rings is 2. The summed E-state index contributed by atoms with van der Waals surface area (Å²) >= 11 is 13.7. The number of H-pyrrole nitrogens is 1. The van der Waals surface area contributed by atoms with E-state index in [2.05, 4.69) is 26.7 Å². The fraction of sp³-hybridized carbons (Fsp3) is 0.0556. The molecule has 0 amide bonds. The number of halogens is 2. The highest BCUT2D eigenvalue weighted by molar-refractivity contribution is 7.16. The van der Waals surface area contributed by atoms with Crippen LogP contribution in [0.1, 0.15) is 10.4 Å². The molecule has 0 saturated carbocycles. The van der Waals surface area contributed by atoms with Gasteiger partial charge in [-0.2, -0.15) is 0 Å². The number of hydrogen-bond donors (Lipinski definition) is 1.